The second kappa shape index (κ2) is 12.4. The quantitative estimate of drug-likeness (QED) is 0.182. The fourth-order valence-corrected chi connectivity index (χ4v) is 7.86. The van der Waals surface area contributed by atoms with E-state index in [0.29, 0.717) is 17.5 Å². The molecular weight excluding hydrogens is 637 g/mol. The summed E-state index contributed by atoms with van der Waals surface area (Å²) in [5.41, 5.74) is 11.0. The predicted molar refractivity (Wildman–Crippen MR) is 208 cm³/mol. The van der Waals surface area contributed by atoms with Gasteiger partial charge in [0.1, 0.15) is 5.82 Å². The summed E-state index contributed by atoms with van der Waals surface area (Å²) < 4.78 is 0. The molecule has 52 heavy (non-hydrogen) atoms. The number of rotatable bonds is 5. The van der Waals surface area contributed by atoms with E-state index in [2.05, 4.69) is 125 Å². The number of benzene rings is 6. The lowest BCUT2D eigenvalue weighted by atomic mass is 9.84. The van der Waals surface area contributed by atoms with Crippen LogP contribution in [0, 0.1) is 0 Å². The van der Waals surface area contributed by atoms with E-state index in [1.165, 1.54) is 22.4 Å². The number of aromatic nitrogens is 4. The summed E-state index contributed by atoms with van der Waals surface area (Å²) in [4.78, 5) is 24.9. The van der Waals surface area contributed by atoms with E-state index in [4.69, 9.17) is 19.9 Å². The van der Waals surface area contributed by atoms with Crippen LogP contribution < -0.4 is 9.80 Å². The van der Waals surface area contributed by atoms with Gasteiger partial charge in [-0.3, -0.25) is 0 Å². The number of hydrogen-bond donors (Lipinski definition) is 0. The molecule has 10 rings (SSSR count). The molecule has 6 nitrogen and oxygen atoms in total. The van der Waals surface area contributed by atoms with Crippen molar-refractivity contribution in [1.29, 1.82) is 0 Å². The Balaban J connectivity index is 1.17. The average Bonchev–Trinajstić information content (AvgIpc) is 3.51. The highest BCUT2D eigenvalue weighted by molar-refractivity contribution is 5.87. The van der Waals surface area contributed by atoms with Gasteiger partial charge in [-0.15, -0.1) is 0 Å². The highest BCUT2D eigenvalue weighted by atomic mass is 15.3. The molecule has 0 aliphatic carbocycles. The van der Waals surface area contributed by atoms with E-state index in [-0.39, 0.29) is 12.0 Å². The Bertz CT molecular complexity index is 2500. The minimum absolute atomic E-state index is 0.0324. The topological polar surface area (TPSA) is 58.0 Å². The molecule has 4 heterocycles. The van der Waals surface area contributed by atoms with Crippen molar-refractivity contribution in [2.75, 3.05) is 9.80 Å². The Labute approximate surface area is 302 Å². The van der Waals surface area contributed by atoms with Crippen LogP contribution in [0.2, 0.25) is 0 Å². The first kappa shape index (κ1) is 29.9. The van der Waals surface area contributed by atoms with Crippen molar-refractivity contribution in [2.45, 2.75) is 12.0 Å². The van der Waals surface area contributed by atoms with Gasteiger partial charge >= 0.3 is 0 Å². The normalized spacial score (nSPS) is 15.6. The maximum atomic E-state index is 5.08. The lowest BCUT2D eigenvalue weighted by Crippen LogP contribution is -2.23. The highest BCUT2D eigenvalue weighted by Gasteiger charge is 2.46. The van der Waals surface area contributed by atoms with Crippen LogP contribution in [-0.2, 0) is 0 Å². The molecule has 2 aromatic heterocycles. The summed E-state index contributed by atoms with van der Waals surface area (Å²) in [7, 11) is 0. The van der Waals surface area contributed by atoms with E-state index in [0.717, 1.165) is 39.6 Å². The predicted octanol–water partition coefficient (Wildman–Crippen LogP) is 11.1. The molecule has 0 spiro atoms. The Morgan fingerprint density at radius 1 is 0.404 bits per heavy atom. The average molecular weight is 669 g/mol. The summed E-state index contributed by atoms with van der Waals surface area (Å²) in [5, 5.41) is 0. The fourth-order valence-electron chi connectivity index (χ4n) is 7.86. The molecule has 0 amide bonds. The maximum absolute atomic E-state index is 5.08. The molecule has 0 radical (unpaired) electrons. The molecule has 246 valence electrons. The molecule has 0 fully saturated rings. The van der Waals surface area contributed by atoms with Gasteiger partial charge in [-0.25, -0.2) is 19.9 Å². The Morgan fingerprint density at radius 2 is 0.904 bits per heavy atom. The monoisotopic (exact) mass is 668 g/mol. The zero-order chi connectivity index (χ0) is 34.4. The Morgan fingerprint density at radius 3 is 1.58 bits per heavy atom. The van der Waals surface area contributed by atoms with E-state index in [9.17, 15) is 0 Å². The third-order valence-electron chi connectivity index (χ3n) is 10.1. The lowest BCUT2D eigenvalue weighted by molar-refractivity contribution is 0.664. The van der Waals surface area contributed by atoms with Gasteiger partial charge in [-0.1, -0.05) is 133 Å². The molecule has 2 unspecified atom stereocenters. The van der Waals surface area contributed by atoms with Crippen LogP contribution in [-0.4, -0.2) is 19.9 Å². The number of anilines is 5. The molecule has 2 atom stereocenters. The summed E-state index contributed by atoms with van der Waals surface area (Å²) >= 11 is 0. The van der Waals surface area contributed by atoms with Crippen LogP contribution in [0.5, 0.6) is 0 Å². The Kier molecular flexibility index (Phi) is 7.17. The van der Waals surface area contributed by atoms with Crippen molar-refractivity contribution >= 4 is 28.6 Å². The van der Waals surface area contributed by atoms with Gasteiger partial charge in [0.25, 0.3) is 0 Å². The van der Waals surface area contributed by atoms with Crippen LogP contribution in [0.3, 0.4) is 0 Å². The molecule has 8 aromatic rings. The molecule has 0 saturated heterocycles. The van der Waals surface area contributed by atoms with Crippen LogP contribution in [0.25, 0.3) is 34.2 Å². The summed E-state index contributed by atoms with van der Waals surface area (Å²) in [5.74, 6) is 2.88. The molecule has 6 heteroatoms. The van der Waals surface area contributed by atoms with Crippen molar-refractivity contribution < 1.29 is 0 Å². The molecule has 0 N–H and O–H groups in total. The smallest absolute Gasteiger partial charge is 0.164 e. The number of nitrogens with zero attached hydrogens (tertiary/aromatic N) is 6. The molecule has 2 aliphatic rings. The van der Waals surface area contributed by atoms with Crippen molar-refractivity contribution in [2.24, 2.45) is 0 Å². The van der Waals surface area contributed by atoms with Crippen LogP contribution in [0.1, 0.15) is 28.7 Å². The van der Waals surface area contributed by atoms with Gasteiger partial charge < -0.3 is 9.80 Å². The van der Waals surface area contributed by atoms with Crippen molar-refractivity contribution in [1.82, 2.24) is 19.9 Å². The summed E-state index contributed by atoms with van der Waals surface area (Å²) in [6.07, 6.45) is 1.90. The van der Waals surface area contributed by atoms with Crippen molar-refractivity contribution in [3.63, 3.8) is 0 Å². The first-order chi connectivity index (χ1) is 25.8. The molecule has 6 aromatic carbocycles. The molecule has 0 bridgehead atoms. The third-order valence-corrected chi connectivity index (χ3v) is 10.1. The summed E-state index contributed by atoms with van der Waals surface area (Å²) in [6.45, 7) is 0. The van der Waals surface area contributed by atoms with Crippen molar-refractivity contribution in [3.05, 3.63) is 199 Å². The van der Waals surface area contributed by atoms with E-state index < -0.39 is 0 Å². The fraction of sp³-hybridized carbons (Fsp3) is 0.0435. The molecule has 2 aliphatic heterocycles. The second-order valence-corrected chi connectivity index (χ2v) is 13.1. The van der Waals surface area contributed by atoms with E-state index in [1.807, 2.05) is 66.9 Å². The van der Waals surface area contributed by atoms with Crippen molar-refractivity contribution in [3.8, 4) is 34.2 Å². The lowest BCUT2D eigenvalue weighted by Gasteiger charge is -2.31. The SMILES string of the molecule is c1ccc(-c2nc(-c3ccccc3)nc(-c3cccc(N4c5ncccc5C5c6ccccc6N(c6ccccc6)c6ccccc6C54)c3)n2)cc1. The molecular formula is C46H32N6. The minimum Gasteiger partial charge on any atom is -0.318 e. The largest absolute Gasteiger partial charge is 0.318 e. The second-order valence-electron chi connectivity index (χ2n) is 13.1. The van der Waals surface area contributed by atoms with Gasteiger partial charge in [0.05, 0.1) is 17.4 Å². The Hall–Kier alpha value is -6.92. The van der Waals surface area contributed by atoms with Gasteiger partial charge in [-0.2, -0.15) is 0 Å². The number of fused-ring (bicyclic) bond motifs is 7. The van der Waals surface area contributed by atoms with Crippen LogP contribution in [0.15, 0.2) is 182 Å². The van der Waals surface area contributed by atoms with Gasteiger partial charge in [0, 0.05) is 45.7 Å². The maximum Gasteiger partial charge on any atom is 0.164 e. The zero-order valence-corrected chi connectivity index (χ0v) is 28.2. The van der Waals surface area contributed by atoms with Gasteiger partial charge in [0.2, 0.25) is 0 Å². The number of para-hydroxylation sites is 3. The third kappa shape index (κ3) is 4.95. The standard InChI is InChI=1S/C46H32N6/c1-4-16-31(17-5-1)43-48-44(32-18-6-2-7-19-32)50-45(49-43)33-20-14-23-35(30-33)52-42-37-25-11-13-28-40(37)51(34-21-8-3-9-22-34)39-27-12-10-24-36(39)41(42)38-26-15-29-47-46(38)52/h1-30,41-42H. The van der Waals surface area contributed by atoms with E-state index >= 15 is 0 Å². The first-order valence-corrected chi connectivity index (χ1v) is 17.6. The minimum atomic E-state index is -0.0654. The zero-order valence-electron chi connectivity index (χ0n) is 28.2. The molecule has 0 saturated carbocycles. The summed E-state index contributed by atoms with van der Waals surface area (Å²) in [6, 6.07) is 61.3. The first-order valence-electron chi connectivity index (χ1n) is 17.6. The van der Waals surface area contributed by atoms with E-state index in [1.54, 1.807) is 0 Å². The van der Waals surface area contributed by atoms with Gasteiger partial charge in [0.15, 0.2) is 17.5 Å². The van der Waals surface area contributed by atoms with Crippen LogP contribution in [0.4, 0.5) is 28.6 Å². The number of pyridine rings is 1. The van der Waals surface area contributed by atoms with Gasteiger partial charge in [-0.05, 0) is 53.6 Å². The number of hydrogen-bond acceptors (Lipinski definition) is 6. The van der Waals surface area contributed by atoms with Crippen LogP contribution >= 0.6 is 0 Å². The highest BCUT2D eigenvalue weighted by Crippen LogP contribution is 2.60.